The minimum atomic E-state index is -0.111. The number of rotatable bonds is 2. The van der Waals surface area contributed by atoms with Crippen LogP contribution in [0.3, 0.4) is 0 Å². The molecule has 0 radical (unpaired) electrons. The van der Waals surface area contributed by atoms with Crippen molar-refractivity contribution in [3.63, 3.8) is 0 Å². The molecule has 2 aliphatic rings. The third-order valence-corrected chi connectivity index (χ3v) is 5.01. The van der Waals surface area contributed by atoms with Gasteiger partial charge in [-0.05, 0) is 44.1 Å². The topological polar surface area (TPSA) is 32.3 Å². The number of likely N-dealkylation sites (tertiary alicyclic amines) is 1. The lowest BCUT2D eigenvalue weighted by molar-refractivity contribution is -0.145. The van der Waals surface area contributed by atoms with Crippen molar-refractivity contribution in [3.05, 3.63) is 0 Å². The zero-order valence-electron chi connectivity index (χ0n) is 12.2. The molecule has 0 aliphatic carbocycles. The Morgan fingerprint density at radius 1 is 1.22 bits per heavy atom. The van der Waals surface area contributed by atoms with Crippen molar-refractivity contribution in [2.45, 2.75) is 52.9 Å². The van der Waals surface area contributed by atoms with Gasteiger partial charge in [-0.1, -0.05) is 20.8 Å². The van der Waals surface area contributed by atoms with Gasteiger partial charge in [-0.25, -0.2) is 0 Å². The van der Waals surface area contributed by atoms with E-state index in [0.29, 0.717) is 11.3 Å². The zero-order valence-corrected chi connectivity index (χ0v) is 12.2. The molecule has 0 saturated carbocycles. The minimum Gasteiger partial charge on any atom is -0.342 e. The highest BCUT2D eigenvalue weighted by atomic mass is 16.2. The van der Waals surface area contributed by atoms with Gasteiger partial charge in [0.15, 0.2) is 0 Å². The smallest absolute Gasteiger partial charge is 0.230 e. The fourth-order valence-corrected chi connectivity index (χ4v) is 3.25. The fourth-order valence-electron chi connectivity index (χ4n) is 3.25. The van der Waals surface area contributed by atoms with Gasteiger partial charge in [0.05, 0.1) is 5.41 Å². The van der Waals surface area contributed by atoms with E-state index < -0.39 is 0 Å². The van der Waals surface area contributed by atoms with Crippen LogP contribution in [0.4, 0.5) is 0 Å². The van der Waals surface area contributed by atoms with E-state index >= 15 is 0 Å². The molecule has 3 heteroatoms. The number of hydrogen-bond donors (Lipinski definition) is 1. The Labute approximate surface area is 111 Å². The Kier molecular flexibility index (Phi) is 4.00. The highest BCUT2D eigenvalue weighted by Crippen LogP contribution is 2.36. The normalized spacial score (nSPS) is 32.3. The van der Waals surface area contributed by atoms with Crippen LogP contribution in [0.15, 0.2) is 0 Å². The standard InChI is InChI=1S/C15H28N2O/c1-4-15(6-5-9-16-12-15)13(18)17-10-7-14(2,3)8-11-17/h16H,4-12H2,1-3H3. The second-order valence-electron chi connectivity index (χ2n) is 6.87. The van der Waals surface area contributed by atoms with Crippen molar-refractivity contribution < 1.29 is 4.79 Å². The SMILES string of the molecule is CCC1(C(=O)N2CCC(C)(C)CC2)CCCNC1. The van der Waals surface area contributed by atoms with E-state index in [4.69, 9.17) is 0 Å². The molecule has 2 rings (SSSR count). The Bertz CT molecular complexity index is 296. The predicted molar refractivity (Wildman–Crippen MR) is 74.4 cm³/mol. The average Bonchev–Trinajstić information content (AvgIpc) is 2.39. The second kappa shape index (κ2) is 5.20. The van der Waals surface area contributed by atoms with E-state index in [1.54, 1.807) is 0 Å². The van der Waals surface area contributed by atoms with Crippen LogP contribution < -0.4 is 5.32 Å². The highest BCUT2D eigenvalue weighted by Gasteiger charge is 2.41. The summed E-state index contributed by atoms with van der Waals surface area (Å²) in [6.07, 6.45) is 5.46. The van der Waals surface area contributed by atoms with Gasteiger partial charge in [-0.15, -0.1) is 0 Å². The second-order valence-corrected chi connectivity index (χ2v) is 6.87. The number of amides is 1. The molecule has 0 aromatic heterocycles. The van der Waals surface area contributed by atoms with Crippen molar-refractivity contribution in [2.24, 2.45) is 10.8 Å². The molecule has 2 saturated heterocycles. The van der Waals surface area contributed by atoms with Gasteiger partial charge < -0.3 is 10.2 Å². The number of carbonyl (C=O) groups is 1. The summed E-state index contributed by atoms with van der Waals surface area (Å²) >= 11 is 0. The van der Waals surface area contributed by atoms with Crippen LogP contribution in [0.1, 0.15) is 52.9 Å². The molecule has 2 heterocycles. The van der Waals surface area contributed by atoms with E-state index in [9.17, 15) is 4.79 Å². The lowest BCUT2D eigenvalue weighted by Gasteiger charge is -2.43. The van der Waals surface area contributed by atoms with Crippen LogP contribution >= 0.6 is 0 Å². The van der Waals surface area contributed by atoms with Crippen LogP contribution in [0.25, 0.3) is 0 Å². The molecule has 2 aliphatic heterocycles. The fraction of sp³-hybridized carbons (Fsp3) is 0.933. The lowest BCUT2D eigenvalue weighted by atomic mass is 9.75. The average molecular weight is 252 g/mol. The Hall–Kier alpha value is -0.570. The third-order valence-electron chi connectivity index (χ3n) is 5.01. The number of nitrogens with zero attached hydrogens (tertiary/aromatic N) is 1. The molecule has 0 aromatic carbocycles. The quantitative estimate of drug-likeness (QED) is 0.818. The molecular weight excluding hydrogens is 224 g/mol. The van der Waals surface area contributed by atoms with Gasteiger partial charge in [0.2, 0.25) is 5.91 Å². The van der Waals surface area contributed by atoms with Crippen LogP contribution in [-0.4, -0.2) is 37.0 Å². The molecule has 2 fully saturated rings. The number of hydrogen-bond acceptors (Lipinski definition) is 2. The molecule has 0 bridgehead atoms. The molecule has 3 nitrogen and oxygen atoms in total. The largest absolute Gasteiger partial charge is 0.342 e. The van der Waals surface area contributed by atoms with Crippen LogP contribution in [-0.2, 0) is 4.79 Å². The van der Waals surface area contributed by atoms with Crippen molar-refractivity contribution >= 4 is 5.91 Å². The van der Waals surface area contributed by atoms with Crippen molar-refractivity contribution in [1.29, 1.82) is 0 Å². The van der Waals surface area contributed by atoms with Crippen molar-refractivity contribution in [3.8, 4) is 0 Å². The van der Waals surface area contributed by atoms with Crippen LogP contribution in [0.5, 0.6) is 0 Å². The van der Waals surface area contributed by atoms with Crippen LogP contribution in [0.2, 0.25) is 0 Å². The summed E-state index contributed by atoms with van der Waals surface area (Å²) in [7, 11) is 0. The Morgan fingerprint density at radius 3 is 2.39 bits per heavy atom. The predicted octanol–water partition coefficient (Wildman–Crippen LogP) is 2.41. The summed E-state index contributed by atoms with van der Waals surface area (Å²) in [5.41, 5.74) is 0.306. The first-order valence-corrected chi connectivity index (χ1v) is 7.49. The maximum atomic E-state index is 12.8. The molecule has 1 atom stereocenters. The van der Waals surface area contributed by atoms with Crippen molar-refractivity contribution in [2.75, 3.05) is 26.2 Å². The first kappa shape index (κ1) is 13.9. The third kappa shape index (κ3) is 2.71. The summed E-state index contributed by atoms with van der Waals surface area (Å²) in [5.74, 6) is 0.410. The molecule has 104 valence electrons. The van der Waals surface area contributed by atoms with E-state index in [2.05, 4.69) is 31.0 Å². The Morgan fingerprint density at radius 2 is 1.89 bits per heavy atom. The maximum absolute atomic E-state index is 12.8. The maximum Gasteiger partial charge on any atom is 0.230 e. The van der Waals surface area contributed by atoms with Crippen molar-refractivity contribution in [1.82, 2.24) is 10.2 Å². The van der Waals surface area contributed by atoms with Gasteiger partial charge in [0.1, 0.15) is 0 Å². The first-order chi connectivity index (χ1) is 8.49. The van der Waals surface area contributed by atoms with Gasteiger partial charge in [-0.3, -0.25) is 4.79 Å². The summed E-state index contributed by atoms with van der Waals surface area (Å²) in [4.78, 5) is 14.9. The summed E-state index contributed by atoms with van der Waals surface area (Å²) in [6.45, 7) is 10.6. The molecule has 1 N–H and O–H groups in total. The summed E-state index contributed by atoms with van der Waals surface area (Å²) < 4.78 is 0. The highest BCUT2D eigenvalue weighted by molar-refractivity contribution is 5.83. The first-order valence-electron chi connectivity index (χ1n) is 7.49. The van der Waals surface area contributed by atoms with E-state index in [1.165, 1.54) is 0 Å². The van der Waals surface area contributed by atoms with E-state index in [0.717, 1.165) is 58.3 Å². The number of carbonyl (C=O) groups excluding carboxylic acids is 1. The molecule has 1 unspecified atom stereocenters. The monoisotopic (exact) mass is 252 g/mol. The molecular formula is C15H28N2O. The van der Waals surface area contributed by atoms with Gasteiger partial charge in [0, 0.05) is 19.6 Å². The van der Waals surface area contributed by atoms with Crippen LogP contribution in [0, 0.1) is 10.8 Å². The van der Waals surface area contributed by atoms with E-state index in [1.807, 2.05) is 0 Å². The summed E-state index contributed by atoms with van der Waals surface area (Å²) in [5, 5.41) is 3.42. The minimum absolute atomic E-state index is 0.111. The molecule has 18 heavy (non-hydrogen) atoms. The molecule has 1 amide bonds. The van der Waals surface area contributed by atoms with E-state index in [-0.39, 0.29) is 5.41 Å². The zero-order chi connectivity index (χ0) is 13.2. The Balaban J connectivity index is 2.01. The molecule has 0 spiro atoms. The molecule has 0 aromatic rings. The van der Waals surface area contributed by atoms with Gasteiger partial charge in [0.25, 0.3) is 0 Å². The van der Waals surface area contributed by atoms with Gasteiger partial charge in [-0.2, -0.15) is 0 Å². The number of piperidine rings is 2. The lowest BCUT2D eigenvalue weighted by Crippen LogP contribution is -2.53. The van der Waals surface area contributed by atoms with Gasteiger partial charge >= 0.3 is 0 Å². The summed E-state index contributed by atoms with van der Waals surface area (Å²) in [6, 6.07) is 0. The number of nitrogens with one attached hydrogen (secondary N) is 1.